The van der Waals surface area contributed by atoms with Crippen molar-refractivity contribution in [2.24, 2.45) is 0 Å². The number of hydrogen-bond donors (Lipinski definition) is 2. The van der Waals surface area contributed by atoms with Crippen LogP contribution in [0.1, 0.15) is 34.3 Å². The molecule has 3 heterocycles. The van der Waals surface area contributed by atoms with Gasteiger partial charge in [-0.25, -0.2) is 15.0 Å². The molecule has 0 saturated heterocycles. The van der Waals surface area contributed by atoms with Gasteiger partial charge in [-0.1, -0.05) is 54.6 Å². The van der Waals surface area contributed by atoms with Crippen LogP contribution in [0.5, 0.6) is 0 Å². The molecule has 0 aliphatic rings. The Labute approximate surface area is 254 Å². The topological polar surface area (TPSA) is 125 Å². The summed E-state index contributed by atoms with van der Waals surface area (Å²) in [7, 11) is 1.35. The SMILES string of the molecule is COC(=O)C(C)c1cccc(C(=O)NCc2ccc(-n3c(-c4cccnc4N)nc4ccc(-c5ccccc5)nc43)cc2)c1. The van der Waals surface area contributed by atoms with E-state index in [1.165, 1.54) is 7.11 Å². The van der Waals surface area contributed by atoms with Crippen molar-refractivity contribution in [3.63, 3.8) is 0 Å². The summed E-state index contributed by atoms with van der Waals surface area (Å²) in [6.07, 6.45) is 1.65. The molecule has 3 aromatic heterocycles. The second-order valence-corrected chi connectivity index (χ2v) is 10.3. The van der Waals surface area contributed by atoms with Crippen LogP contribution in [0.25, 0.3) is 39.5 Å². The maximum atomic E-state index is 12.9. The lowest BCUT2D eigenvalue weighted by Crippen LogP contribution is -2.23. The Morgan fingerprint density at radius 1 is 0.909 bits per heavy atom. The van der Waals surface area contributed by atoms with Crippen LogP contribution in [0.3, 0.4) is 0 Å². The van der Waals surface area contributed by atoms with Gasteiger partial charge in [0.2, 0.25) is 0 Å². The van der Waals surface area contributed by atoms with E-state index in [0.29, 0.717) is 35.0 Å². The van der Waals surface area contributed by atoms with Gasteiger partial charge in [0.15, 0.2) is 11.5 Å². The van der Waals surface area contributed by atoms with Gasteiger partial charge in [0.25, 0.3) is 5.91 Å². The van der Waals surface area contributed by atoms with Crippen LogP contribution in [0.4, 0.5) is 5.82 Å². The number of imidazole rings is 1. The number of nitrogen functional groups attached to an aromatic ring is 1. The highest BCUT2D eigenvalue weighted by Gasteiger charge is 2.19. The minimum atomic E-state index is -0.468. The molecule has 1 unspecified atom stereocenters. The van der Waals surface area contributed by atoms with Crippen molar-refractivity contribution in [3.8, 4) is 28.3 Å². The zero-order valence-corrected chi connectivity index (χ0v) is 24.3. The number of methoxy groups -OCH3 is 1. The molecular formula is C35H30N6O3. The van der Waals surface area contributed by atoms with Crippen molar-refractivity contribution < 1.29 is 14.3 Å². The number of nitrogens with one attached hydrogen (secondary N) is 1. The van der Waals surface area contributed by atoms with Crippen molar-refractivity contribution in [2.45, 2.75) is 19.4 Å². The Morgan fingerprint density at radius 2 is 1.70 bits per heavy atom. The van der Waals surface area contributed by atoms with E-state index in [1.54, 1.807) is 31.3 Å². The molecule has 9 heteroatoms. The Kier molecular flexibility index (Phi) is 7.84. The molecule has 0 spiro atoms. The molecule has 0 fully saturated rings. The lowest BCUT2D eigenvalue weighted by Gasteiger charge is -2.13. The number of rotatable bonds is 8. The Hall–Kier alpha value is -5.83. The summed E-state index contributed by atoms with van der Waals surface area (Å²) in [6.45, 7) is 2.07. The predicted octanol–water partition coefficient (Wildman–Crippen LogP) is 5.94. The predicted molar refractivity (Wildman–Crippen MR) is 170 cm³/mol. The number of pyridine rings is 2. The molecule has 1 atom stereocenters. The number of carbonyl (C=O) groups is 2. The summed E-state index contributed by atoms with van der Waals surface area (Å²) in [5.74, 6) is -0.0540. The zero-order valence-electron chi connectivity index (χ0n) is 24.3. The maximum absolute atomic E-state index is 12.9. The Balaban J connectivity index is 1.30. The highest BCUT2D eigenvalue weighted by molar-refractivity contribution is 5.94. The van der Waals surface area contributed by atoms with E-state index in [4.69, 9.17) is 20.4 Å². The summed E-state index contributed by atoms with van der Waals surface area (Å²) in [4.78, 5) is 39.1. The summed E-state index contributed by atoms with van der Waals surface area (Å²) < 4.78 is 6.82. The number of hydrogen-bond acceptors (Lipinski definition) is 7. The molecule has 3 aromatic carbocycles. The first-order valence-electron chi connectivity index (χ1n) is 14.1. The number of nitrogens with two attached hydrogens (primary N) is 1. The molecule has 0 radical (unpaired) electrons. The van der Waals surface area contributed by atoms with E-state index in [2.05, 4.69) is 10.3 Å². The maximum Gasteiger partial charge on any atom is 0.312 e. The average Bonchev–Trinajstić information content (AvgIpc) is 3.46. The molecule has 6 rings (SSSR count). The van der Waals surface area contributed by atoms with Gasteiger partial charge in [0.05, 0.1) is 24.3 Å². The number of aromatic nitrogens is 4. The van der Waals surface area contributed by atoms with Crippen molar-refractivity contribution in [2.75, 3.05) is 12.8 Å². The molecule has 218 valence electrons. The third-order valence-electron chi connectivity index (χ3n) is 7.50. The quantitative estimate of drug-likeness (QED) is 0.213. The molecule has 3 N–H and O–H groups in total. The van der Waals surface area contributed by atoms with Crippen LogP contribution in [0.2, 0.25) is 0 Å². The molecule has 6 aromatic rings. The zero-order chi connectivity index (χ0) is 30.6. The number of ether oxygens (including phenoxy) is 1. The first kappa shape index (κ1) is 28.3. The van der Waals surface area contributed by atoms with Crippen LogP contribution in [-0.4, -0.2) is 38.5 Å². The van der Waals surface area contributed by atoms with Gasteiger partial charge in [-0.15, -0.1) is 0 Å². The lowest BCUT2D eigenvalue weighted by molar-refractivity contribution is -0.142. The fourth-order valence-electron chi connectivity index (χ4n) is 5.07. The summed E-state index contributed by atoms with van der Waals surface area (Å²) >= 11 is 0. The number of benzene rings is 3. The van der Waals surface area contributed by atoms with Crippen molar-refractivity contribution in [3.05, 3.63) is 126 Å². The van der Waals surface area contributed by atoms with Gasteiger partial charge in [0, 0.05) is 29.6 Å². The van der Waals surface area contributed by atoms with Gasteiger partial charge in [0.1, 0.15) is 11.3 Å². The number of fused-ring (bicyclic) bond motifs is 1. The minimum absolute atomic E-state index is 0.236. The van der Waals surface area contributed by atoms with E-state index >= 15 is 0 Å². The molecule has 1 amide bonds. The first-order valence-corrected chi connectivity index (χ1v) is 14.1. The largest absolute Gasteiger partial charge is 0.469 e. The van der Waals surface area contributed by atoms with E-state index in [9.17, 15) is 9.59 Å². The smallest absolute Gasteiger partial charge is 0.312 e. The van der Waals surface area contributed by atoms with E-state index in [0.717, 1.165) is 33.6 Å². The van der Waals surface area contributed by atoms with E-state index < -0.39 is 5.92 Å². The second-order valence-electron chi connectivity index (χ2n) is 10.3. The van der Waals surface area contributed by atoms with Gasteiger partial charge < -0.3 is 15.8 Å². The first-order chi connectivity index (χ1) is 21.4. The van der Waals surface area contributed by atoms with Gasteiger partial charge >= 0.3 is 5.97 Å². The van der Waals surface area contributed by atoms with Crippen LogP contribution in [0.15, 0.2) is 109 Å². The van der Waals surface area contributed by atoms with E-state index in [-0.39, 0.29) is 11.9 Å². The Morgan fingerprint density at radius 3 is 2.45 bits per heavy atom. The van der Waals surface area contributed by atoms with Crippen molar-refractivity contribution in [1.29, 1.82) is 0 Å². The molecule has 9 nitrogen and oxygen atoms in total. The summed E-state index contributed by atoms with van der Waals surface area (Å²) in [5, 5.41) is 2.97. The molecule has 44 heavy (non-hydrogen) atoms. The second kappa shape index (κ2) is 12.2. The summed E-state index contributed by atoms with van der Waals surface area (Å²) in [6, 6.07) is 32.5. The van der Waals surface area contributed by atoms with Crippen LogP contribution >= 0.6 is 0 Å². The minimum Gasteiger partial charge on any atom is -0.469 e. The summed E-state index contributed by atoms with van der Waals surface area (Å²) in [5.41, 5.74) is 13.2. The number of anilines is 1. The van der Waals surface area contributed by atoms with Crippen LogP contribution < -0.4 is 11.1 Å². The average molecular weight is 583 g/mol. The molecular weight excluding hydrogens is 552 g/mol. The van der Waals surface area contributed by atoms with Crippen molar-refractivity contribution in [1.82, 2.24) is 24.8 Å². The lowest BCUT2D eigenvalue weighted by atomic mass is 9.99. The van der Waals surface area contributed by atoms with Crippen molar-refractivity contribution >= 4 is 28.9 Å². The molecule has 0 bridgehead atoms. The monoisotopic (exact) mass is 582 g/mol. The fraction of sp³-hybridized carbons (Fsp3) is 0.114. The number of nitrogens with zero attached hydrogens (tertiary/aromatic N) is 4. The fourth-order valence-corrected chi connectivity index (χ4v) is 5.07. The van der Waals surface area contributed by atoms with Crippen LogP contribution in [-0.2, 0) is 16.1 Å². The van der Waals surface area contributed by atoms with E-state index in [1.807, 2.05) is 89.5 Å². The third kappa shape index (κ3) is 5.63. The number of carbonyl (C=O) groups excluding carboxylic acids is 2. The highest BCUT2D eigenvalue weighted by atomic mass is 16.5. The highest BCUT2D eigenvalue weighted by Crippen LogP contribution is 2.31. The Bertz CT molecular complexity index is 1970. The third-order valence-corrected chi connectivity index (χ3v) is 7.50. The number of amides is 1. The standard InChI is InChI=1S/C35H30N6O3/c1-22(35(43)44-2)25-10-6-11-26(20-25)34(42)38-21-23-13-15-27(16-14-23)41-32(28-12-7-19-37-31(28)36)40-30-18-17-29(39-33(30)41)24-8-4-3-5-9-24/h3-20,22H,21H2,1-2H3,(H2,36,37)(H,38,42). The van der Waals surface area contributed by atoms with Gasteiger partial charge in [-0.2, -0.15) is 0 Å². The van der Waals surface area contributed by atoms with Gasteiger partial charge in [-0.05, 0) is 66.6 Å². The molecule has 0 aliphatic carbocycles. The normalized spacial score (nSPS) is 11.7. The van der Waals surface area contributed by atoms with Crippen LogP contribution in [0, 0.1) is 0 Å². The molecule has 0 saturated carbocycles. The number of esters is 1. The van der Waals surface area contributed by atoms with Gasteiger partial charge in [-0.3, -0.25) is 14.2 Å². The molecule has 0 aliphatic heterocycles.